The van der Waals surface area contributed by atoms with Gasteiger partial charge >= 0.3 is 0 Å². The second-order valence-electron chi connectivity index (χ2n) is 4.16. The Morgan fingerprint density at radius 1 is 1.56 bits per heavy atom. The van der Waals surface area contributed by atoms with Crippen molar-refractivity contribution in [3.05, 3.63) is 28.8 Å². The van der Waals surface area contributed by atoms with E-state index in [-0.39, 0.29) is 24.4 Å². The van der Waals surface area contributed by atoms with Crippen molar-refractivity contribution in [3.8, 4) is 0 Å². The number of amides is 1. The molecule has 1 aromatic carbocycles. The molecule has 0 spiro atoms. The molecule has 0 aliphatic carbocycles. The summed E-state index contributed by atoms with van der Waals surface area (Å²) in [5.41, 5.74) is 6.74. The van der Waals surface area contributed by atoms with Crippen LogP contribution >= 0.6 is 35.8 Å². The fourth-order valence-corrected chi connectivity index (χ4v) is 3.17. The van der Waals surface area contributed by atoms with Gasteiger partial charge in [0.2, 0.25) is 0 Å². The molecular formula is C12H16Cl2N2OS. The highest BCUT2D eigenvalue weighted by molar-refractivity contribution is 7.99. The molecule has 1 atom stereocenters. The molecular weight excluding hydrogens is 291 g/mol. The standard InChI is InChI=1S/C12H15ClN2OS.ClH/c1-8-7-17-5-4-15(8)12(16)10-3-2-9(14)6-11(10)13;/h2-3,6,8H,4-5,7,14H2,1H3;1H. The first kappa shape index (κ1) is 15.5. The molecule has 0 saturated carbocycles. The Labute approximate surface area is 122 Å². The second kappa shape index (κ2) is 6.55. The number of nitrogens with two attached hydrogens (primary N) is 1. The van der Waals surface area contributed by atoms with E-state index in [0.29, 0.717) is 16.3 Å². The van der Waals surface area contributed by atoms with E-state index in [2.05, 4.69) is 6.92 Å². The fraction of sp³-hybridized carbons (Fsp3) is 0.417. The van der Waals surface area contributed by atoms with Gasteiger partial charge in [-0.05, 0) is 25.1 Å². The van der Waals surface area contributed by atoms with Crippen LogP contribution in [-0.4, -0.2) is 34.9 Å². The summed E-state index contributed by atoms with van der Waals surface area (Å²) in [5, 5.41) is 0.431. The first-order valence-electron chi connectivity index (χ1n) is 5.53. The van der Waals surface area contributed by atoms with E-state index in [1.165, 1.54) is 0 Å². The molecule has 0 bridgehead atoms. The van der Waals surface area contributed by atoms with Gasteiger partial charge in [-0.15, -0.1) is 12.4 Å². The Morgan fingerprint density at radius 2 is 2.28 bits per heavy atom. The summed E-state index contributed by atoms with van der Waals surface area (Å²) < 4.78 is 0. The van der Waals surface area contributed by atoms with Crippen LogP contribution in [0.2, 0.25) is 5.02 Å². The molecule has 100 valence electrons. The van der Waals surface area contributed by atoms with E-state index in [1.807, 2.05) is 16.7 Å². The van der Waals surface area contributed by atoms with Crippen LogP contribution in [0.15, 0.2) is 18.2 Å². The number of rotatable bonds is 1. The lowest BCUT2D eigenvalue weighted by Crippen LogP contribution is -2.44. The molecule has 1 aliphatic rings. The van der Waals surface area contributed by atoms with E-state index in [0.717, 1.165) is 18.1 Å². The fourth-order valence-electron chi connectivity index (χ4n) is 1.89. The molecule has 3 nitrogen and oxygen atoms in total. The number of hydrogen-bond donors (Lipinski definition) is 1. The third-order valence-electron chi connectivity index (χ3n) is 2.85. The van der Waals surface area contributed by atoms with Gasteiger partial charge in [0.25, 0.3) is 5.91 Å². The Bertz CT molecular complexity index is 442. The van der Waals surface area contributed by atoms with Crippen LogP contribution in [-0.2, 0) is 0 Å². The monoisotopic (exact) mass is 306 g/mol. The molecule has 0 radical (unpaired) electrons. The molecule has 2 N–H and O–H groups in total. The van der Waals surface area contributed by atoms with Crippen molar-refractivity contribution in [1.29, 1.82) is 0 Å². The third kappa shape index (κ3) is 3.25. The lowest BCUT2D eigenvalue weighted by molar-refractivity contribution is 0.0716. The lowest BCUT2D eigenvalue weighted by atomic mass is 10.1. The van der Waals surface area contributed by atoms with Gasteiger partial charge in [0, 0.05) is 29.8 Å². The highest BCUT2D eigenvalue weighted by Crippen LogP contribution is 2.24. The van der Waals surface area contributed by atoms with Gasteiger partial charge in [0.05, 0.1) is 10.6 Å². The molecule has 0 aromatic heterocycles. The maximum Gasteiger partial charge on any atom is 0.255 e. The average Bonchev–Trinajstić information content (AvgIpc) is 2.29. The summed E-state index contributed by atoms with van der Waals surface area (Å²) in [6.07, 6.45) is 0. The predicted octanol–water partition coefficient (Wildman–Crippen LogP) is 2.92. The van der Waals surface area contributed by atoms with Gasteiger partial charge in [-0.25, -0.2) is 0 Å². The maximum atomic E-state index is 12.3. The normalized spacial score (nSPS) is 19.2. The van der Waals surface area contributed by atoms with Gasteiger partial charge < -0.3 is 10.6 Å². The smallest absolute Gasteiger partial charge is 0.255 e. The molecule has 1 aromatic rings. The summed E-state index contributed by atoms with van der Waals surface area (Å²) in [7, 11) is 0. The van der Waals surface area contributed by atoms with Crippen LogP contribution in [0.25, 0.3) is 0 Å². The van der Waals surface area contributed by atoms with Crippen LogP contribution in [0, 0.1) is 0 Å². The number of benzene rings is 1. The number of nitrogens with zero attached hydrogens (tertiary/aromatic N) is 1. The predicted molar refractivity (Wildman–Crippen MR) is 80.9 cm³/mol. The summed E-state index contributed by atoms with van der Waals surface area (Å²) in [5.74, 6) is 1.98. The maximum absolute atomic E-state index is 12.3. The zero-order valence-corrected chi connectivity index (χ0v) is 12.4. The van der Waals surface area contributed by atoms with Crippen molar-refractivity contribution in [1.82, 2.24) is 4.90 Å². The Hall–Kier alpha value is -0.580. The molecule has 1 heterocycles. The first-order valence-corrected chi connectivity index (χ1v) is 7.06. The molecule has 18 heavy (non-hydrogen) atoms. The van der Waals surface area contributed by atoms with Crippen molar-refractivity contribution in [2.75, 3.05) is 23.8 Å². The average molecular weight is 307 g/mol. The number of anilines is 1. The SMILES string of the molecule is CC1CSCCN1C(=O)c1ccc(N)cc1Cl.Cl. The second-order valence-corrected chi connectivity index (χ2v) is 5.72. The van der Waals surface area contributed by atoms with Gasteiger partial charge in [-0.2, -0.15) is 11.8 Å². The van der Waals surface area contributed by atoms with E-state index in [9.17, 15) is 4.79 Å². The van der Waals surface area contributed by atoms with E-state index in [1.54, 1.807) is 18.2 Å². The summed E-state index contributed by atoms with van der Waals surface area (Å²) in [6, 6.07) is 5.30. The third-order valence-corrected chi connectivity index (χ3v) is 4.35. The van der Waals surface area contributed by atoms with Gasteiger partial charge in [-0.1, -0.05) is 11.6 Å². The van der Waals surface area contributed by atoms with Gasteiger partial charge in [0.1, 0.15) is 0 Å². The number of halogens is 2. The van der Waals surface area contributed by atoms with Crippen molar-refractivity contribution in [2.45, 2.75) is 13.0 Å². The summed E-state index contributed by atoms with van der Waals surface area (Å²) >= 11 is 7.94. The Morgan fingerprint density at radius 3 is 2.89 bits per heavy atom. The highest BCUT2D eigenvalue weighted by atomic mass is 35.5. The zero-order valence-electron chi connectivity index (χ0n) is 10.1. The van der Waals surface area contributed by atoms with Crippen LogP contribution in [0.4, 0.5) is 5.69 Å². The number of thioether (sulfide) groups is 1. The van der Waals surface area contributed by atoms with E-state index < -0.39 is 0 Å². The van der Waals surface area contributed by atoms with Crippen LogP contribution in [0.3, 0.4) is 0 Å². The summed E-state index contributed by atoms with van der Waals surface area (Å²) in [6.45, 7) is 2.85. The van der Waals surface area contributed by atoms with Crippen LogP contribution < -0.4 is 5.73 Å². The van der Waals surface area contributed by atoms with E-state index >= 15 is 0 Å². The Balaban J connectivity index is 0.00000162. The number of carbonyl (C=O) groups is 1. The zero-order chi connectivity index (χ0) is 12.4. The van der Waals surface area contributed by atoms with Gasteiger partial charge in [-0.3, -0.25) is 4.79 Å². The molecule has 1 unspecified atom stereocenters. The number of carbonyl (C=O) groups excluding carboxylic acids is 1. The molecule has 6 heteroatoms. The lowest BCUT2D eigenvalue weighted by Gasteiger charge is -2.33. The molecule has 1 fully saturated rings. The minimum absolute atomic E-state index is 0. The van der Waals surface area contributed by atoms with Crippen molar-refractivity contribution in [3.63, 3.8) is 0 Å². The van der Waals surface area contributed by atoms with E-state index in [4.69, 9.17) is 17.3 Å². The van der Waals surface area contributed by atoms with Gasteiger partial charge in [0.15, 0.2) is 0 Å². The summed E-state index contributed by atoms with van der Waals surface area (Å²) in [4.78, 5) is 14.2. The molecule has 1 amide bonds. The number of nitrogen functional groups attached to an aromatic ring is 1. The Kier molecular flexibility index (Phi) is 5.63. The highest BCUT2D eigenvalue weighted by Gasteiger charge is 2.25. The topological polar surface area (TPSA) is 46.3 Å². The molecule has 1 aliphatic heterocycles. The van der Waals surface area contributed by atoms with Crippen LogP contribution in [0.5, 0.6) is 0 Å². The quantitative estimate of drug-likeness (QED) is 0.812. The molecule has 2 rings (SSSR count). The number of hydrogen-bond acceptors (Lipinski definition) is 3. The van der Waals surface area contributed by atoms with Crippen molar-refractivity contribution in [2.24, 2.45) is 0 Å². The van der Waals surface area contributed by atoms with Crippen molar-refractivity contribution < 1.29 is 4.79 Å². The first-order chi connectivity index (χ1) is 8.09. The minimum atomic E-state index is 0. The molecule has 1 saturated heterocycles. The largest absolute Gasteiger partial charge is 0.399 e. The minimum Gasteiger partial charge on any atom is -0.399 e. The van der Waals surface area contributed by atoms with Crippen LogP contribution in [0.1, 0.15) is 17.3 Å². The van der Waals surface area contributed by atoms with Crippen molar-refractivity contribution >= 4 is 47.4 Å².